The molecule has 0 spiro atoms. The molecule has 0 aliphatic carbocycles. The van der Waals surface area contributed by atoms with Crippen LogP contribution in [0.4, 0.5) is 18.9 Å². The Morgan fingerprint density at radius 1 is 0.974 bits per heavy atom. The van der Waals surface area contributed by atoms with Gasteiger partial charge in [0.05, 0.1) is 18.9 Å². The topological polar surface area (TPSA) is 95.9 Å². The largest absolute Gasteiger partial charge is 0.573 e. The summed E-state index contributed by atoms with van der Waals surface area (Å²) in [7, 11) is 1.26. The average Bonchev–Trinajstić information content (AvgIpc) is 2.83. The van der Waals surface area contributed by atoms with E-state index in [-0.39, 0.29) is 21.9 Å². The Balaban J connectivity index is 1.87. The van der Waals surface area contributed by atoms with Crippen LogP contribution in [-0.4, -0.2) is 35.5 Å². The number of pyridine rings is 1. The van der Waals surface area contributed by atoms with E-state index in [4.69, 9.17) is 21.1 Å². The van der Waals surface area contributed by atoms with E-state index in [1.165, 1.54) is 56.6 Å². The van der Waals surface area contributed by atoms with E-state index in [0.717, 1.165) is 16.7 Å². The van der Waals surface area contributed by atoms with Gasteiger partial charge in [-0.3, -0.25) is 14.2 Å². The van der Waals surface area contributed by atoms with Gasteiger partial charge in [-0.1, -0.05) is 11.6 Å². The number of hydrogen-bond acceptors (Lipinski definition) is 6. The van der Waals surface area contributed by atoms with Gasteiger partial charge < -0.3 is 19.5 Å². The summed E-state index contributed by atoms with van der Waals surface area (Å²) >= 11 is 5.99. The van der Waals surface area contributed by atoms with Crippen LogP contribution in [0.5, 0.6) is 11.5 Å². The minimum absolute atomic E-state index is 0.00487. The van der Waals surface area contributed by atoms with E-state index >= 15 is 0 Å². The highest BCUT2D eigenvalue weighted by Gasteiger charge is 2.33. The van der Waals surface area contributed by atoms with Gasteiger partial charge in [0, 0.05) is 27.9 Å². The SMILES string of the molecule is COc1cn(C(C)C(=O)Nc2ccc(C(=O)OC(C)(C)C)cc2)c(=O)cc1-c1cc(Cl)ccc1OC(F)(F)F. The van der Waals surface area contributed by atoms with E-state index in [9.17, 15) is 27.6 Å². The summed E-state index contributed by atoms with van der Waals surface area (Å²) in [6.07, 6.45) is -3.77. The van der Waals surface area contributed by atoms with Gasteiger partial charge in [-0.15, -0.1) is 13.2 Å². The second-order valence-corrected chi connectivity index (χ2v) is 9.87. The summed E-state index contributed by atoms with van der Waals surface area (Å²) in [5.74, 6) is -1.66. The van der Waals surface area contributed by atoms with Crippen molar-refractivity contribution in [2.24, 2.45) is 0 Å². The Morgan fingerprint density at radius 3 is 2.15 bits per heavy atom. The van der Waals surface area contributed by atoms with Gasteiger partial charge in [-0.2, -0.15) is 0 Å². The fraction of sp³-hybridized carbons (Fsp3) is 0.296. The number of anilines is 1. The number of aromatic nitrogens is 1. The lowest BCUT2D eigenvalue weighted by molar-refractivity contribution is -0.274. The lowest BCUT2D eigenvalue weighted by Crippen LogP contribution is -2.31. The van der Waals surface area contributed by atoms with E-state index in [0.29, 0.717) is 11.3 Å². The number of benzene rings is 2. The number of amides is 1. The highest BCUT2D eigenvalue weighted by Crippen LogP contribution is 2.39. The molecule has 39 heavy (non-hydrogen) atoms. The van der Waals surface area contributed by atoms with Crippen molar-refractivity contribution in [1.29, 1.82) is 0 Å². The minimum atomic E-state index is -4.98. The van der Waals surface area contributed by atoms with Gasteiger partial charge in [0.15, 0.2) is 0 Å². The van der Waals surface area contributed by atoms with Crippen molar-refractivity contribution in [2.45, 2.75) is 45.7 Å². The molecule has 0 aliphatic rings. The van der Waals surface area contributed by atoms with Crippen LogP contribution in [-0.2, 0) is 9.53 Å². The maximum atomic E-state index is 13.0. The van der Waals surface area contributed by atoms with Crippen LogP contribution in [0.1, 0.15) is 44.1 Å². The molecule has 0 bridgehead atoms. The Kier molecular flexibility index (Phi) is 8.64. The molecule has 0 saturated carbocycles. The highest BCUT2D eigenvalue weighted by atomic mass is 35.5. The van der Waals surface area contributed by atoms with Crippen LogP contribution in [0.25, 0.3) is 11.1 Å². The van der Waals surface area contributed by atoms with Gasteiger partial charge >= 0.3 is 12.3 Å². The summed E-state index contributed by atoms with van der Waals surface area (Å²) in [5, 5.41) is 2.76. The molecule has 0 aliphatic heterocycles. The molecule has 12 heteroatoms. The Bertz CT molecular complexity index is 1430. The number of esters is 1. The number of halogens is 4. The zero-order valence-corrected chi connectivity index (χ0v) is 22.4. The van der Waals surface area contributed by atoms with Gasteiger partial charge in [0.1, 0.15) is 23.1 Å². The van der Waals surface area contributed by atoms with Gasteiger partial charge in [-0.25, -0.2) is 4.79 Å². The number of hydrogen-bond donors (Lipinski definition) is 1. The zero-order valence-electron chi connectivity index (χ0n) is 21.7. The van der Waals surface area contributed by atoms with Crippen molar-refractivity contribution < 1.29 is 37.0 Å². The van der Waals surface area contributed by atoms with Gasteiger partial charge in [-0.05, 0) is 70.2 Å². The number of alkyl halides is 3. The summed E-state index contributed by atoms with van der Waals surface area (Å²) in [6.45, 7) is 6.69. The normalized spacial score (nSPS) is 12.4. The molecule has 208 valence electrons. The van der Waals surface area contributed by atoms with E-state index in [1.807, 2.05) is 0 Å². The number of carbonyl (C=O) groups is 2. The lowest BCUT2D eigenvalue weighted by atomic mass is 10.0. The van der Waals surface area contributed by atoms with E-state index < -0.39 is 41.2 Å². The number of nitrogens with zero attached hydrogens (tertiary/aromatic N) is 1. The first-order valence-electron chi connectivity index (χ1n) is 11.6. The fourth-order valence-electron chi connectivity index (χ4n) is 3.53. The molecule has 1 N–H and O–H groups in total. The molecular weight excluding hydrogens is 541 g/mol. The molecule has 1 amide bonds. The predicted molar refractivity (Wildman–Crippen MR) is 139 cm³/mol. The molecule has 8 nitrogen and oxygen atoms in total. The average molecular weight is 567 g/mol. The third-order valence-electron chi connectivity index (χ3n) is 5.31. The molecule has 3 rings (SSSR count). The molecular formula is C27H26ClF3N2O6. The first-order chi connectivity index (χ1) is 18.1. The molecule has 1 aromatic heterocycles. The molecule has 1 unspecified atom stereocenters. The number of rotatable bonds is 7. The Morgan fingerprint density at radius 2 is 1.59 bits per heavy atom. The summed E-state index contributed by atoms with van der Waals surface area (Å²) in [4.78, 5) is 38.1. The number of carbonyl (C=O) groups excluding carboxylic acids is 2. The van der Waals surface area contributed by atoms with Crippen molar-refractivity contribution in [1.82, 2.24) is 4.57 Å². The molecule has 1 heterocycles. The van der Waals surface area contributed by atoms with E-state index in [2.05, 4.69) is 10.1 Å². The highest BCUT2D eigenvalue weighted by molar-refractivity contribution is 6.31. The summed E-state index contributed by atoms with van der Waals surface area (Å²) in [6, 6.07) is 9.45. The molecule has 0 fully saturated rings. The molecule has 3 aromatic rings. The minimum Gasteiger partial charge on any atom is -0.495 e. The standard InChI is InChI=1S/C27H26ClF3N2O6/c1-15(24(35)32-18-9-6-16(7-10-18)25(36)39-26(2,3)4)33-14-22(37-5)20(13-23(33)34)19-12-17(28)8-11-21(19)38-27(29,30)31/h6-15H,1-5H3,(H,32,35). The van der Waals surface area contributed by atoms with Crippen molar-refractivity contribution in [3.05, 3.63) is 75.7 Å². The third-order valence-corrected chi connectivity index (χ3v) is 5.54. The smallest absolute Gasteiger partial charge is 0.495 e. The van der Waals surface area contributed by atoms with Gasteiger partial charge in [0.2, 0.25) is 5.91 Å². The molecule has 2 aromatic carbocycles. The van der Waals surface area contributed by atoms with Crippen LogP contribution in [0.2, 0.25) is 5.02 Å². The molecule has 0 saturated heterocycles. The van der Waals surface area contributed by atoms with Crippen LogP contribution in [0.15, 0.2) is 59.5 Å². The summed E-state index contributed by atoms with van der Waals surface area (Å²) < 4.78 is 54.6. The monoisotopic (exact) mass is 566 g/mol. The first kappa shape index (κ1) is 29.6. The van der Waals surface area contributed by atoms with Crippen LogP contribution in [0.3, 0.4) is 0 Å². The first-order valence-corrected chi connectivity index (χ1v) is 12.0. The van der Waals surface area contributed by atoms with E-state index in [1.54, 1.807) is 20.8 Å². The Labute approximate surface area is 227 Å². The van der Waals surface area contributed by atoms with Crippen LogP contribution in [0, 0.1) is 0 Å². The molecule has 0 radical (unpaired) electrons. The maximum Gasteiger partial charge on any atom is 0.573 e. The summed E-state index contributed by atoms with van der Waals surface area (Å²) in [5.41, 5.74) is -0.824. The van der Waals surface area contributed by atoms with Gasteiger partial charge in [0.25, 0.3) is 5.56 Å². The van der Waals surface area contributed by atoms with Crippen molar-refractivity contribution >= 4 is 29.2 Å². The fourth-order valence-corrected chi connectivity index (χ4v) is 3.70. The molecule has 1 atom stereocenters. The second-order valence-electron chi connectivity index (χ2n) is 9.43. The van der Waals surface area contributed by atoms with Crippen molar-refractivity contribution in [3.63, 3.8) is 0 Å². The lowest BCUT2D eigenvalue weighted by Gasteiger charge is -2.20. The third kappa shape index (κ3) is 7.76. The quantitative estimate of drug-likeness (QED) is 0.341. The number of methoxy groups -OCH3 is 1. The number of nitrogens with one attached hydrogen (secondary N) is 1. The van der Waals surface area contributed by atoms with Crippen LogP contribution < -0.4 is 20.3 Å². The predicted octanol–water partition coefficient (Wildman–Crippen LogP) is 6.23. The van der Waals surface area contributed by atoms with Crippen molar-refractivity contribution in [3.8, 4) is 22.6 Å². The second kappa shape index (κ2) is 11.4. The Hall–Kier alpha value is -3.99. The van der Waals surface area contributed by atoms with Crippen molar-refractivity contribution in [2.75, 3.05) is 12.4 Å². The zero-order chi connectivity index (χ0) is 29.1. The number of ether oxygens (including phenoxy) is 3. The van der Waals surface area contributed by atoms with Crippen LogP contribution >= 0.6 is 11.6 Å². The maximum absolute atomic E-state index is 13.0.